The number of methoxy groups -OCH3 is 2. The number of hydrogen-bond acceptors (Lipinski definition) is 6. The van der Waals surface area contributed by atoms with Crippen molar-refractivity contribution in [2.75, 3.05) is 41.9 Å². The van der Waals surface area contributed by atoms with Crippen molar-refractivity contribution in [2.24, 2.45) is 0 Å². The maximum Gasteiger partial charge on any atom is 0.367 e. The fourth-order valence-electron chi connectivity index (χ4n) is 3.56. The third-order valence-electron chi connectivity index (χ3n) is 5.31. The Morgan fingerprint density at radius 1 is 0.784 bits per heavy atom. The highest BCUT2D eigenvalue weighted by atomic mass is 16.5. The first-order chi connectivity index (χ1) is 17.6. The van der Waals surface area contributed by atoms with Crippen LogP contribution in [0.2, 0.25) is 0 Å². The van der Waals surface area contributed by atoms with Crippen LogP contribution in [-0.2, 0) is 9.59 Å². The number of ketones is 1. The van der Waals surface area contributed by atoms with E-state index in [1.807, 2.05) is 57.5 Å². The molecule has 192 valence electrons. The Hall–Kier alpha value is -4.36. The van der Waals surface area contributed by atoms with E-state index in [2.05, 4.69) is 0 Å². The quantitative estimate of drug-likeness (QED) is 0.182. The molecule has 0 heterocycles. The second-order valence-electron chi connectivity index (χ2n) is 9.38. The lowest BCUT2D eigenvalue weighted by Gasteiger charge is -2.22. The molecule has 0 radical (unpaired) electrons. The molecule has 0 spiro atoms. The van der Waals surface area contributed by atoms with Crippen LogP contribution in [0.5, 0.6) is 23.0 Å². The Labute approximate surface area is 217 Å². The largest absolute Gasteiger partial charge is 0.504 e. The molecule has 3 rings (SSSR count). The molecule has 0 bridgehead atoms. The summed E-state index contributed by atoms with van der Waals surface area (Å²) in [5, 5.41) is 9.69. The van der Waals surface area contributed by atoms with Crippen LogP contribution in [0.25, 0.3) is 23.3 Å². The number of nitrogens with zero attached hydrogens (tertiary/aromatic N) is 1. The molecule has 3 aromatic carbocycles. The molecule has 37 heavy (non-hydrogen) atoms. The Balaban J connectivity index is 1.78. The third-order valence-corrected chi connectivity index (χ3v) is 5.31. The zero-order valence-electron chi connectivity index (χ0n) is 21.7. The van der Waals surface area contributed by atoms with Crippen molar-refractivity contribution < 1.29 is 33.4 Å². The van der Waals surface area contributed by atoms with Crippen molar-refractivity contribution in [3.8, 4) is 34.1 Å². The molecule has 7 heteroatoms. The number of carbonyl (C=O) groups is 2. The van der Waals surface area contributed by atoms with Crippen LogP contribution in [0, 0.1) is 0 Å². The summed E-state index contributed by atoms with van der Waals surface area (Å²) in [6.07, 6.45) is 6.25. The van der Waals surface area contributed by atoms with Crippen molar-refractivity contribution in [3.05, 3.63) is 83.9 Å². The second kappa shape index (κ2) is 12.1. The molecule has 3 aromatic rings. The van der Waals surface area contributed by atoms with Gasteiger partial charge in [-0.1, -0.05) is 42.5 Å². The van der Waals surface area contributed by atoms with Gasteiger partial charge in [-0.3, -0.25) is 4.79 Å². The minimum atomic E-state index is -0.323. The van der Waals surface area contributed by atoms with E-state index in [9.17, 15) is 14.7 Å². The van der Waals surface area contributed by atoms with E-state index in [4.69, 9.17) is 14.2 Å². The lowest BCUT2D eigenvalue weighted by atomic mass is 10.0. The summed E-state index contributed by atoms with van der Waals surface area (Å²) in [4.78, 5) is 24.8. The molecular weight excluding hydrogens is 470 g/mol. The van der Waals surface area contributed by atoms with Gasteiger partial charge >= 0.3 is 5.97 Å². The number of quaternary nitrogens is 1. The van der Waals surface area contributed by atoms with Gasteiger partial charge in [0.1, 0.15) is 11.5 Å². The van der Waals surface area contributed by atoms with Gasteiger partial charge in [0, 0.05) is 11.1 Å². The topological polar surface area (TPSA) is 82.1 Å². The lowest BCUT2D eigenvalue weighted by Crippen LogP contribution is -2.41. The standard InChI is InChI=1S/C30H31NO6/c1-31(2,3)20-30(34)37-27-9-7-6-8-24(27)25-16-12-21(18-28(25)35-4)10-14-23(32)15-11-22-13-17-26(33)29(19-22)36-5/h6-19H,20H2,1-5H3/p+1/b14-10+. The molecule has 0 fully saturated rings. The van der Waals surface area contributed by atoms with E-state index >= 15 is 0 Å². The monoisotopic (exact) mass is 502 g/mol. The van der Waals surface area contributed by atoms with Gasteiger partial charge in [0.25, 0.3) is 0 Å². The summed E-state index contributed by atoms with van der Waals surface area (Å²) in [5.41, 5.74) is 2.99. The van der Waals surface area contributed by atoms with Crippen molar-refractivity contribution >= 4 is 23.9 Å². The van der Waals surface area contributed by atoms with Gasteiger partial charge in [-0.25, -0.2) is 4.79 Å². The summed E-state index contributed by atoms with van der Waals surface area (Å²) in [6.45, 7) is 0.234. The zero-order chi connectivity index (χ0) is 27.0. The molecule has 0 aliphatic rings. The maximum absolute atomic E-state index is 12.4. The van der Waals surface area contributed by atoms with Crippen molar-refractivity contribution in [1.29, 1.82) is 0 Å². The summed E-state index contributed by atoms with van der Waals surface area (Å²) in [6, 6.07) is 17.7. The summed E-state index contributed by atoms with van der Waals surface area (Å²) in [5.74, 6) is 0.876. The minimum absolute atomic E-state index is 0.0354. The average Bonchev–Trinajstić information content (AvgIpc) is 2.86. The highest BCUT2D eigenvalue weighted by molar-refractivity contribution is 6.04. The fraction of sp³-hybridized carbons (Fsp3) is 0.200. The average molecular weight is 503 g/mol. The number of phenolic OH excluding ortho intramolecular Hbond substituents is 1. The summed E-state index contributed by atoms with van der Waals surface area (Å²) in [7, 11) is 8.81. The highest BCUT2D eigenvalue weighted by Gasteiger charge is 2.19. The zero-order valence-corrected chi connectivity index (χ0v) is 21.7. The molecule has 0 saturated carbocycles. The van der Waals surface area contributed by atoms with Gasteiger partial charge in [0.2, 0.25) is 0 Å². The van der Waals surface area contributed by atoms with Crippen LogP contribution >= 0.6 is 0 Å². The Bertz CT molecular complexity index is 1330. The first kappa shape index (κ1) is 27.2. The number of carbonyl (C=O) groups excluding carboxylic acids is 2. The number of ether oxygens (including phenoxy) is 3. The maximum atomic E-state index is 12.4. The van der Waals surface area contributed by atoms with Crippen LogP contribution in [0.4, 0.5) is 0 Å². The van der Waals surface area contributed by atoms with E-state index in [-0.39, 0.29) is 24.0 Å². The molecule has 0 amide bonds. The first-order valence-corrected chi connectivity index (χ1v) is 11.7. The number of esters is 1. The molecule has 1 N–H and O–H groups in total. The predicted octanol–water partition coefficient (Wildman–Crippen LogP) is 4.98. The van der Waals surface area contributed by atoms with Crippen LogP contribution in [0.3, 0.4) is 0 Å². The summed E-state index contributed by atoms with van der Waals surface area (Å²) >= 11 is 0. The molecule has 7 nitrogen and oxygen atoms in total. The minimum Gasteiger partial charge on any atom is -0.504 e. The van der Waals surface area contributed by atoms with E-state index in [1.54, 1.807) is 37.5 Å². The van der Waals surface area contributed by atoms with Crippen molar-refractivity contribution in [1.82, 2.24) is 0 Å². The van der Waals surface area contributed by atoms with Gasteiger partial charge in [-0.05, 0) is 53.6 Å². The second-order valence-corrected chi connectivity index (χ2v) is 9.38. The molecule has 0 atom stereocenters. The van der Waals surface area contributed by atoms with E-state index < -0.39 is 0 Å². The molecule has 0 aromatic heterocycles. The Kier molecular flexibility index (Phi) is 8.87. The van der Waals surface area contributed by atoms with Gasteiger partial charge in [0.15, 0.2) is 23.8 Å². The smallest absolute Gasteiger partial charge is 0.367 e. The first-order valence-electron chi connectivity index (χ1n) is 11.7. The van der Waals surface area contributed by atoms with Crippen LogP contribution in [0.1, 0.15) is 11.1 Å². The lowest BCUT2D eigenvalue weighted by molar-refractivity contribution is -0.862. The summed E-state index contributed by atoms with van der Waals surface area (Å²) < 4.78 is 16.8. The highest BCUT2D eigenvalue weighted by Crippen LogP contribution is 2.37. The molecule has 0 aliphatic heterocycles. The third kappa shape index (κ3) is 7.81. The van der Waals surface area contributed by atoms with E-state index in [0.29, 0.717) is 21.7 Å². The van der Waals surface area contributed by atoms with Crippen LogP contribution in [-0.4, -0.2) is 63.2 Å². The SMILES string of the molecule is COc1cc(/C=C/C(=O)/C=C/c2ccc(-c3ccccc3OC(=O)C[N+](C)(C)C)c(OC)c2)ccc1O. The van der Waals surface area contributed by atoms with Crippen molar-refractivity contribution in [3.63, 3.8) is 0 Å². The number of hydrogen-bond donors (Lipinski definition) is 1. The predicted molar refractivity (Wildman–Crippen MR) is 145 cm³/mol. The van der Waals surface area contributed by atoms with Crippen LogP contribution < -0.4 is 14.2 Å². The van der Waals surface area contributed by atoms with Crippen LogP contribution in [0.15, 0.2) is 72.8 Å². The van der Waals surface area contributed by atoms with Gasteiger partial charge < -0.3 is 23.8 Å². The molecular formula is C30H32NO6+. The Morgan fingerprint density at radius 2 is 1.35 bits per heavy atom. The van der Waals surface area contributed by atoms with E-state index in [0.717, 1.165) is 22.3 Å². The number of allylic oxidation sites excluding steroid dienone is 2. The number of para-hydroxylation sites is 1. The number of rotatable bonds is 10. The van der Waals surface area contributed by atoms with Crippen molar-refractivity contribution in [2.45, 2.75) is 0 Å². The van der Waals surface area contributed by atoms with Gasteiger partial charge in [-0.2, -0.15) is 0 Å². The number of aromatic hydroxyl groups is 1. The number of benzene rings is 3. The van der Waals surface area contributed by atoms with E-state index in [1.165, 1.54) is 25.3 Å². The normalized spacial score (nSPS) is 11.6. The van der Waals surface area contributed by atoms with Gasteiger partial charge in [0.05, 0.1) is 35.4 Å². The van der Waals surface area contributed by atoms with Gasteiger partial charge in [-0.15, -0.1) is 0 Å². The molecule has 0 unspecified atom stereocenters. The Morgan fingerprint density at radius 3 is 1.97 bits per heavy atom. The molecule has 0 saturated heterocycles. The number of phenols is 1. The molecule has 0 aliphatic carbocycles. The fourth-order valence-corrected chi connectivity index (χ4v) is 3.56. The number of likely N-dealkylation sites (N-methyl/N-ethyl adjacent to an activating group) is 1.